The zero-order valence-corrected chi connectivity index (χ0v) is 25.7. The van der Waals surface area contributed by atoms with Crippen LogP contribution in [0.25, 0.3) is 5.57 Å². The molecule has 0 unspecified atom stereocenters. The summed E-state index contributed by atoms with van der Waals surface area (Å²) >= 11 is 1.51. The Labute approximate surface area is 270 Å². The predicted octanol–water partition coefficient (Wildman–Crippen LogP) is 6.48. The van der Waals surface area contributed by atoms with Crippen molar-refractivity contribution in [2.45, 2.75) is 30.7 Å². The van der Waals surface area contributed by atoms with Crippen LogP contribution in [0, 0.1) is 23.7 Å². The number of phenols is 1. The fraction of sp³-hybridized carbons (Fsp3) is 0.231. The Hall–Kier alpha value is -4.88. The Morgan fingerprint density at radius 3 is 2.22 bits per heavy atom. The van der Waals surface area contributed by atoms with Gasteiger partial charge >= 0.3 is 0 Å². The topological polar surface area (TPSA) is 91.8 Å². The zero-order valence-electron chi connectivity index (χ0n) is 24.9. The highest BCUT2D eigenvalue weighted by Gasteiger charge is 2.65. The smallest absolute Gasteiger partial charge is 0.234 e. The average Bonchev–Trinajstić information content (AvgIpc) is 3.69. The van der Waals surface area contributed by atoms with Gasteiger partial charge in [0.2, 0.25) is 11.8 Å². The van der Waals surface area contributed by atoms with Crippen molar-refractivity contribution in [2.24, 2.45) is 23.7 Å². The molecule has 0 bridgehead atoms. The van der Waals surface area contributed by atoms with Crippen molar-refractivity contribution in [3.63, 3.8) is 0 Å². The van der Waals surface area contributed by atoms with E-state index >= 15 is 0 Å². The maximum Gasteiger partial charge on any atom is 0.234 e. The van der Waals surface area contributed by atoms with Crippen LogP contribution in [0.5, 0.6) is 5.75 Å². The molecule has 4 aromatic rings. The number of hydrogen-bond acceptors (Lipinski definition) is 6. The standard InChI is InChI=1S/C39H31NO5S/c41-26-15-13-24(14-16-26)35-28-17-18-29-34(38(45)40(37(29)44)22-27-12-7-19-46-27)31(28)20-32-36(43)30(23-8-3-1-4-9-23)21-33(42)39(32,35)25-10-5-2-6-11-25/h1-17,19,21,29,31-32,34-35,41H,18,20,22H2/t29-,31+,32-,34-,35-,39-/m0/s1. The number of benzene rings is 3. The van der Waals surface area contributed by atoms with Gasteiger partial charge in [-0.3, -0.25) is 24.1 Å². The molecule has 3 aromatic carbocycles. The number of phenolic OH excluding ortho intramolecular Hbond substituents is 1. The molecular formula is C39H31NO5S. The van der Waals surface area contributed by atoms with Gasteiger partial charge in [-0.2, -0.15) is 0 Å². The van der Waals surface area contributed by atoms with Gasteiger partial charge in [0.15, 0.2) is 11.6 Å². The number of carbonyl (C=O) groups is 4. The third kappa shape index (κ3) is 4.14. The number of carbonyl (C=O) groups excluding carboxylic acids is 4. The molecule has 0 spiro atoms. The first-order valence-corrected chi connectivity index (χ1v) is 16.5. The lowest BCUT2D eigenvalue weighted by Crippen LogP contribution is -2.58. The van der Waals surface area contributed by atoms with Crippen LogP contribution in [0.4, 0.5) is 0 Å². The number of amides is 2. The Morgan fingerprint density at radius 2 is 1.52 bits per heavy atom. The minimum atomic E-state index is -1.27. The second-order valence-electron chi connectivity index (χ2n) is 12.7. The molecule has 2 fully saturated rings. The first kappa shape index (κ1) is 28.6. The van der Waals surface area contributed by atoms with Gasteiger partial charge in [0.25, 0.3) is 0 Å². The zero-order chi connectivity index (χ0) is 31.6. The Balaban J connectivity index is 1.33. The van der Waals surface area contributed by atoms with Gasteiger partial charge in [0, 0.05) is 22.3 Å². The van der Waals surface area contributed by atoms with E-state index in [1.807, 2.05) is 90.3 Å². The molecule has 4 aliphatic rings. The minimum absolute atomic E-state index is 0.0946. The van der Waals surface area contributed by atoms with Gasteiger partial charge in [-0.15, -0.1) is 11.3 Å². The Morgan fingerprint density at radius 1 is 0.804 bits per heavy atom. The van der Waals surface area contributed by atoms with Crippen molar-refractivity contribution in [3.8, 4) is 5.75 Å². The summed E-state index contributed by atoms with van der Waals surface area (Å²) < 4.78 is 0. The highest BCUT2D eigenvalue weighted by Crippen LogP contribution is 2.63. The maximum atomic E-state index is 14.9. The monoisotopic (exact) mass is 625 g/mol. The van der Waals surface area contributed by atoms with E-state index in [2.05, 4.69) is 6.08 Å². The summed E-state index contributed by atoms with van der Waals surface area (Å²) in [5, 5.41) is 12.2. The van der Waals surface area contributed by atoms with Crippen LogP contribution in [-0.4, -0.2) is 33.4 Å². The first-order valence-electron chi connectivity index (χ1n) is 15.7. The highest BCUT2D eigenvalue weighted by molar-refractivity contribution is 7.09. The molecule has 46 heavy (non-hydrogen) atoms. The second-order valence-corrected chi connectivity index (χ2v) is 13.8. The van der Waals surface area contributed by atoms with Crippen molar-refractivity contribution < 1.29 is 24.3 Å². The molecule has 1 aromatic heterocycles. The number of aromatic hydroxyl groups is 1. The molecule has 1 saturated carbocycles. The number of hydrogen-bond donors (Lipinski definition) is 1. The van der Waals surface area contributed by atoms with E-state index < -0.39 is 35.0 Å². The number of likely N-dealkylation sites (tertiary alicyclic amines) is 1. The summed E-state index contributed by atoms with van der Waals surface area (Å²) in [4.78, 5) is 60.2. The van der Waals surface area contributed by atoms with Crippen molar-refractivity contribution in [1.82, 2.24) is 4.90 Å². The number of rotatable bonds is 5. The third-order valence-electron chi connectivity index (χ3n) is 10.6. The number of ketones is 2. The van der Waals surface area contributed by atoms with Crippen LogP contribution in [0.1, 0.15) is 40.3 Å². The Bertz CT molecular complexity index is 1930. The van der Waals surface area contributed by atoms with Gasteiger partial charge in [0.05, 0.1) is 23.8 Å². The van der Waals surface area contributed by atoms with Gasteiger partial charge in [0.1, 0.15) is 5.75 Å². The molecule has 1 N–H and O–H groups in total. The molecule has 3 aliphatic carbocycles. The fourth-order valence-electron chi connectivity index (χ4n) is 8.70. The first-order chi connectivity index (χ1) is 22.4. The summed E-state index contributed by atoms with van der Waals surface area (Å²) in [5.41, 5.74) is 2.23. The van der Waals surface area contributed by atoms with Crippen molar-refractivity contribution in [1.29, 1.82) is 0 Å². The van der Waals surface area contributed by atoms with Crippen molar-refractivity contribution >= 4 is 40.3 Å². The predicted molar refractivity (Wildman–Crippen MR) is 175 cm³/mol. The van der Waals surface area contributed by atoms with Crippen LogP contribution in [-0.2, 0) is 31.1 Å². The lowest BCUT2D eigenvalue weighted by Gasteiger charge is -2.55. The molecule has 7 heteroatoms. The number of imide groups is 1. The summed E-state index contributed by atoms with van der Waals surface area (Å²) in [6, 6.07) is 29.5. The van der Waals surface area contributed by atoms with E-state index in [1.165, 1.54) is 22.3 Å². The number of Topliss-reactive ketones (excluding diaryl/α,β-unsaturated/α-hetero) is 1. The number of nitrogens with zero attached hydrogens (tertiary/aromatic N) is 1. The third-order valence-corrected chi connectivity index (χ3v) is 11.4. The van der Waals surface area contributed by atoms with E-state index in [-0.39, 0.29) is 42.1 Å². The maximum absolute atomic E-state index is 14.9. The summed E-state index contributed by atoms with van der Waals surface area (Å²) in [6.45, 7) is 0.238. The van der Waals surface area contributed by atoms with Crippen LogP contribution in [0.15, 0.2) is 120 Å². The molecule has 0 radical (unpaired) electrons. The van der Waals surface area contributed by atoms with Crippen LogP contribution < -0.4 is 0 Å². The van der Waals surface area contributed by atoms with Gasteiger partial charge in [-0.05, 0) is 65.1 Å². The fourth-order valence-corrected chi connectivity index (χ4v) is 9.39. The molecule has 2 amide bonds. The molecule has 6 nitrogen and oxygen atoms in total. The molecule has 228 valence electrons. The van der Waals surface area contributed by atoms with Gasteiger partial charge < -0.3 is 5.11 Å². The number of allylic oxidation sites excluding steroid dienone is 4. The summed E-state index contributed by atoms with van der Waals surface area (Å²) in [7, 11) is 0. The molecular weight excluding hydrogens is 594 g/mol. The van der Waals surface area contributed by atoms with E-state index in [9.17, 15) is 24.3 Å². The van der Waals surface area contributed by atoms with Gasteiger partial charge in [-0.1, -0.05) is 90.5 Å². The van der Waals surface area contributed by atoms with Crippen LogP contribution in [0.2, 0.25) is 0 Å². The summed E-state index contributed by atoms with van der Waals surface area (Å²) in [6.07, 6.45) is 4.25. The molecule has 6 atom stereocenters. The molecule has 8 rings (SSSR count). The van der Waals surface area contributed by atoms with E-state index in [0.717, 1.165) is 21.6 Å². The lowest BCUT2D eigenvalue weighted by molar-refractivity contribution is -0.141. The minimum Gasteiger partial charge on any atom is -0.508 e. The number of thiophene rings is 1. The molecule has 1 saturated heterocycles. The normalized spacial score (nSPS) is 28.7. The average molecular weight is 626 g/mol. The van der Waals surface area contributed by atoms with Crippen LogP contribution in [0.3, 0.4) is 0 Å². The second kappa shape index (κ2) is 10.9. The van der Waals surface area contributed by atoms with E-state index in [1.54, 1.807) is 12.1 Å². The Kier molecular flexibility index (Phi) is 6.76. The summed E-state index contributed by atoms with van der Waals surface area (Å²) in [5.74, 6) is -3.47. The van der Waals surface area contributed by atoms with Crippen molar-refractivity contribution in [3.05, 3.63) is 142 Å². The largest absolute Gasteiger partial charge is 0.508 e. The van der Waals surface area contributed by atoms with E-state index in [4.69, 9.17) is 0 Å². The van der Waals surface area contributed by atoms with Crippen LogP contribution >= 0.6 is 11.3 Å². The number of fused-ring (bicyclic) bond motifs is 4. The molecule has 2 heterocycles. The quantitative estimate of drug-likeness (QED) is 0.203. The highest BCUT2D eigenvalue weighted by atomic mass is 32.1. The van der Waals surface area contributed by atoms with E-state index in [0.29, 0.717) is 17.6 Å². The molecule has 1 aliphatic heterocycles. The SMILES string of the molecule is O=C1C(c2ccccc2)=CC(=O)[C@@]2(c3ccccc3)[C@@H](c3ccc(O)cc3)C3=CC[C@@H]4C(=O)N(Cc5cccs5)C(=O)[C@@H]4[C@@H]3C[C@@H]12. The lowest BCUT2D eigenvalue weighted by atomic mass is 9.44. The van der Waals surface area contributed by atoms with Crippen molar-refractivity contribution in [2.75, 3.05) is 0 Å². The van der Waals surface area contributed by atoms with Gasteiger partial charge in [-0.25, -0.2) is 0 Å².